The molecule has 3 heteroatoms. The van der Waals surface area contributed by atoms with Crippen molar-refractivity contribution in [1.29, 1.82) is 0 Å². The van der Waals surface area contributed by atoms with Crippen LogP contribution >= 0.6 is 0 Å². The molecule has 0 aromatic heterocycles. The number of hydrogen-bond donors (Lipinski definition) is 1. The predicted octanol–water partition coefficient (Wildman–Crippen LogP) is 2.04. The molecule has 3 nitrogen and oxygen atoms in total. The minimum atomic E-state index is -0.309. The highest BCUT2D eigenvalue weighted by Gasteiger charge is 2.28. The molecule has 0 saturated carbocycles. The third kappa shape index (κ3) is 1.87. The Morgan fingerprint density at radius 3 is 2.62 bits per heavy atom. The lowest BCUT2D eigenvalue weighted by Gasteiger charge is -2.29. The summed E-state index contributed by atoms with van der Waals surface area (Å²) in [7, 11) is 0. The molecule has 0 saturated heterocycles. The molecule has 0 radical (unpaired) electrons. The van der Waals surface area contributed by atoms with E-state index in [4.69, 9.17) is 9.47 Å². The predicted molar refractivity (Wildman–Crippen MR) is 62.3 cm³/mol. The van der Waals surface area contributed by atoms with E-state index in [-0.39, 0.29) is 12.0 Å². The largest absolute Gasteiger partial charge is 0.486 e. The summed E-state index contributed by atoms with van der Waals surface area (Å²) >= 11 is 0. The third-order valence-electron chi connectivity index (χ3n) is 2.91. The van der Waals surface area contributed by atoms with Gasteiger partial charge < -0.3 is 14.6 Å². The Morgan fingerprint density at radius 1 is 1.25 bits per heavy atom. The number of ether oxygens (including phenoxy) is 2. The highest BCUT2D eigenvalue weighted by atomic mass is 16.6. The van der Waals surface area contributed by atoms with Crippen LogP contribution in [0.1, 0.15) is 25.0 Å². The van der Waals surface area contributed by atoms with Crippen LogP contribution in [0.15, 0.2) is 12.1 Å². The standard InChI is InChI=1S/C13H18O3/c1-9-6-10(13(2,3)8-14)12-11(7-9)15-4-5-16-12/h6-7,14H,4-5,8H2,1-3H3. The van der Waals surface area contributed by atoms with Crippen molar-refractivity contribution in [3.8, 4) is 11.5 Å². The summed E-state index contributed by atoms with van der Waals surface area (Å²) in [4.78, 5) is 0. The van der Waals surface area contributed by atoms with Crippen LogP contribution in [0.2, 0.25) is 0 Å². The Balaban J connectivity index is 2.55. The van der Waals surface area contributed by atoms with E-state index in [2.05, 4.69) is 6.07 Å². The number of benzene rings is 1. The van der Waals surface area contributed by atoms with Gasteiger partial charge in [0.2, 0.25) is 0 Å². The highest BCUT2D eigenvalue weighted by Crippen LogP contribution is 2.41. The topological polar surface area (TPSA) is 38.7 Å². The van der Waals surface area contributed by atoms with Crippen molar-refractivity contribution >= 4 is 0 Å². The minimum Gasteiger partial charge on any atom is -0.486 e. The molecule has 0 fully saturated rings. The lowest BCUT2D eigenvalue weighted by atomic mass is 9.84. The average Bonchev–Trinajstić information content (AvgIpc) is 2.28. The molecular weight excluding hydrogens is 204 g/mol. The summed E-state index contributed by atoms with van der Waals surface area (Å²) < 4.78 is 11.2. The van der Waals surface area contributed by atoms with Crippen LogP contribution in [0.5, 0.6) is 11.5 Å². The van der Waals surface area contributed by atoms with Crippen molar-refractivity contribution in [3.05, 3.63) is 23.3 Å². The van der Waals surface area contributed by atoms with Gasteiger partial charge in [-0.15, -0.1) is 0 Å². The van der Waals surface area contributed by atoms with Gasteiger partial charge in [0.05, 0.1) is 6.61 Å². The zero-order chi connectivity index (χ0) is 11.8. The summed E-state index contributed by atoms with van der Waals surface area (Å²) in [5, 5.41) is 9.44. The second-order valence-electron chi connectivity index (χ2n) is 4.88. The Morgan fingerprint density at radius 2 is 1.94 bits per heavy atom. The Bertz CT molecular complexity index is 396. The number of aliphatic hydroxyl groups excluding tert-OH is 1. The van der Waals surface area contributed by atoms with Gasteiger partial charge in [0.1, 0.15) is 13.2 Å². The van der Waals surface area contributed by atoms with E-state index in [9.17, 15) is 5.11 Å². The zero-order valence-electron chi connectivity index (χ0n) is 10.0. The SMILES string of the molecule is Cc1cc2c(c(C(C)(C)CO)c1)OCCO2. The molecule has 1 aliphatic heterocycles. The molecule has 0 aliphatic carbocycles. The van der Waals surface area contributed by atoms with Crippen molar-refractivity contribution in [1.82, 2.24) is 0 Å². The molecular formula is C13H18O3. The number of fused-ring (bicyclic) bond motifs is 1. The van der Waals surface area contributed by atoms with Crippen LogP contribution in [0.4, 0.5) is 0 Å². The molecule has 0 atom stereocenters. The van der Waals surface area contributed by atoms with Gasteiger partial charge in [-0.1, -0.05) is 19.9 Å². The van der Waals surface area contributed by atoms with Gasteiger partial charge in [-0.25, -0.2) is 0 Å². The Kier molecular flexibility index (Phi) is 2.80. The van der Waals surface area contributed by atoms with E-state index in [0.29, 0.717) is 13.2 Å². The summed E-state index contributed by atoms with van der Waals surface area (Å²) in [5.41, 5.74) is 1.84. The number of hydrogen-bond acceptors (Lipinski definition) is 3. The van der Waals surface area contributed by atoms with Crippen LogP contribution < -0.4 is 9.47 Å². The molecule has 1 aliphatic rings. The third-order valence-corrected chi connectivity index (χ3v) is 2.91. The first-order valence-corrected chi connectivity index (χ1v) is 5.56. The highest BCUT2D eigenvalue weighted by molar-refractivity contribution is 5.52. The van der Waals surface area contributed by atoms with E-state index in [1.165, 1.54) is 0 Å². The minimum absolute atomic E-state index is 0.0895. The second-order valence-corrected chi connectivity index (χ2v) is 4.88. The van der Waals surface area contributed by atoms with E-state index >= 15 is 0 Å². The summed E-state index contributed by atoms with van der Waals surface area (Å²) in [6.45, 7) is 7.28. The van der Waals surface area contributed by atoms with Crippen molar-refractivity contribution in [2.45, 2.75) is 26.2 Å². The normalized spacial score (nSPS) is 15.0. The summed E-state index contributed by atoms with van der Waals surface area (Å²) in [6, 6.07) is 4.04. The average molecular weight is 222 g/mol. The van der Waals surface area contributed by atoms with Crippen molar-refractivity contribution in [3.63, 3.8) is 0 Å². The van der Waals surface area contributed by atoms with Crippen molar-refractivity contribution in [2.24, 2.45) is 0 Å². The van der Waals surface area contributed by atoms with E-state index in [1.54, 1.807) is 0 Å². The van der Waals surface area contributed by atoms with Gasteiger partial charge in [0, 0.05) is 11.0 Å². The van der Waals surface area contributed by atoms with Gasteiger partial charge in [0.15, 0.2) is 11.5 Å². The molecule has 16 heavy (non-hydrogen) atoms. The van der Waals surface area contributed by atoms with Gasteiger partial charge in [-0.3, -0.25) is 0 Å². The molecule has 2 rings (SSSR count). The second kappa shape index (κ2) is 3.98. The molecule has 1 aromatic rings. The first-order chi connectivity index (χ1) is 7.54. The summed E-state index contributed by atoms with van der Waals surface area (Å²) in [6.07, 6.45) is 0. The maximum atomic E-state index is 9.44. The molecule has 0 unspecified atom stereocenters. The number of rotatable bonds is 2. The zero-order valence-corrected chi connectivity index (χ0v) is 10.0. The van der Waals surface area contributed by atoms with Gasteiger partial charge in [-0.2, -0.15) is 0 Å². The molecule has 1 N–H and O–H groups in total. The van der Waals surface area contributed by atoms with E-state index < -0.39 is 0 Å². The van der Waals surface area contributed by atoms with Gasteiger partial charge in [0.25, 0.3) is 0 Å². The molecule has 0 amide bonds. The van der Waals surface area contributed by atoms with Crippen LogP contribution in [-0.2, 0) is 5.41 Å². The number of aryl methyl sites for hydroxylation is 1. The first-order valence-electron chi connectivity index (χ1n) is 5.56. The lowest BCUT2D eigenvalue weighted by molar-refractivity contribution is 0.161. The van der Waals surface area contributed by atoms with Crippen LogP contribution in [0, 0.1) is 6.92 Å². The van der Waals surface area contributed by atoms with Crippen LogP contribution in [0.25, 0.3) is 0 Å². The van der Waals surface area contributed by atoms with Crippen molar-refractivity contribution in [2.75, 3.05) is 19.8 Å². The number of aliphatic hydroxyl groups is 1. The Labute approximate surface area is 96.0 Å². The molecule has 0 spiro atoms. The molecule has 0 bridgehead atoms. The van der Waals surface area contributed by atoms with E-state index in [0.717, 1.165) is 22.6 Å². The Hall–Kier alpha value is -1.22. The van der Waals surface area contributed by atoms with Crippen LogP contribution in [-0.4, -0.2) is 24.9 Å². The summed E-state index contributed by atoms with van der Waals surface area (Å²) in [5.74, 6) is 1.58. The van der Waals surface area contributed by atoms with Crippen LogP contribution in [0.3, 0.4) is 0 Å². The smallest absolute Gasteiger partial charge is 0.165 e. The fraction of sp³-hybridized carbons (Fsp3) is 0.538. The van der Waals surface area contributed by atoms with Gasteiger partial charge >= 0.3 is 0 Å². The van der Waals surface area contributed by atoms with Gasteiger partial charge in [-0.05, 0) is 18.6 Å². The molecule has 88 valence electrons. The molecule has 1 heterocycles. The maximum absolute atomic E-state index is 9.44. The van der Waals surface area contributed by atoms with E-state index in [1.807, 2.05) is 26.8 Å². The maximum Gasteiger partial charge on any atom is 0.165 e. The first kappa shape index (κ1) is 11.3. The van der Waals surface area contributed by atoms with Crippen molar-refractivity contribution < 1.29 is 14.6 Å². The fourth-order valence-electron chi connectivity index (χ4n) is 1.88. The fourth-order valence-corrected chi connectivity index (χ4v) is 1.88. The monoisotopic (exact) mass is 222 g/mol. The molecule has 1 aromatic carbocycles. The quantitative estimate of drug-likeness (QED) is 0.832. The lowest BCUT2D eigenvalue weighted by Crippen LogP contribution is -2.26.